The van der Waals surface area contributed by atoms with Crippen LogP contribution in [0.3, 0.4) is 0 Å². The second kappa shape index (κ2) is 6.96. The van der Waals surface area contributed by atoms with Crippen molar-refractivity contribution < 1.29 is 13.9 Å². The third kappa shape index (κ3) is 3.79. The van der Waals surface area contributed by atoms with E-state index in [2.05, 4.69) is 4.98 Å². The molecule has 122 valence electrons. The Kier molecular flexibility index (Phi) is 4.76. The van der Waals surface area contributed by atoms with E-state index in [-0.39, 0.29) is 18.4 Å². The average Bonchev–Trinajstić information content (AvgIpc) is 3.18. The Bertz CT molecular complexity index is 660. The molecule has 1 atom stereocenters. The summed E-state index contributed by atoms with van der Waals surface area (Å²) in [5.74, 6) is 1.30. The quantitative estimate of drug-likeness (QED) is 0.851. The van der Waals surface area contributed by atoms with Gasteiger partial charge >= 0.3 is 0 Å². The number of rotatable bonds is 5. The van der Waals surface area contributed by atoms with Crippen molar-refractivity contribution >= 4 is 5.91 Å². The van der Waals surface area contributed by atoms with E-state index >= 15 is 0 Å². The van der Waals surface area contributed by atoms with Crippen molar-refractivity contribution in [2.45, 2.75) is 32.3 Å². The molecule has 3 rings (SSSR count). The summed E-state index contributed by atoms with van der Waals surface area (Å²) in [7, 11) is 1.82. The lowest BCUT2D eigenvalue weighted by Crippen LogP contribution is -2.35. The topological polar surface area (TPSA) is 55.6 Å². The van der Waals surface area contributed by atoms with Gasteiger partial charge in [0.25, 0.3) is 0 Å². The fraction of sp³-hybridized carbons (Fsp3) is 0.444. The molecule has 1 fully saturated rings. The van der Waals surface area contributed by atoms with Crippen LogP contribution in [0.2, 0.25) is 0 Å². The van der Waals surface area contributed by atoms with Crippen LogP contribution < -0.4 is 0 Å². The number of aromatic nitrogens is 1. The molecule has 1 aliphatic heterocycles. The van der Waals surface area contributed by atoms with Gasteiger partial charge in [-0.2, -0.15) is 0 Å². The molecule has 23 heavy (non-hydrogen) atoms. The van der Waals surface area contributed by atoms with Crippen LogP contribution in [-0.4, -0.2) is 42.1 Å². The number of aryl methyl sites for hydroxylation is 1. The van der Waals surface area contributed by atoms with E-state index in [1.807, 2.05) is 44.3 Å². The molecule has 0 radical (unpaired) electrons. The normalized spacial score (nSPS) is 17.4. The number of likely N-dealkylation sites (N-methyl/N-ethyl adjacent to an activating group) is 1. The molecule has 0 spiro atoms. The molecule has 5 nitrogen and oxygen atoms in total. The molecule has 0 bridgehead atoms. The van der Waals surface area contributed by atoms with Gasteiger partial charge in [-0.05, 0) is 31.9 Å². The molecule has 0 N–H and O–H groups in total. The van der Waals surface area contributed by atoms with Crippen LogP contribution in [0.15, 0.2) is 34.7 Å². The fourth-order valence-electron chi connectivity index (χ4n) is 2.77. The monoisotopic (exact) mass is 314 g/mol. The Morgan fingerprint density at radius 3 is 2.83 bits per heavy atom. The van der Waals surface area contributed by atoms with E-state index in [0.29, 0.717) is 23.9 Å². The minimum Gasteiger partial charge on any atom is -0.441 e. The second-order valence-corrected chi connectivity index (χ2v) is 5.97. The molecule has 1 aromatic carbocycles. The molecule has 5 heteroatoms. The standard InChI is InChI=1S/C18H22N2O3/c1-13-16(19-18(23-13)14-7-4-3-5-8-14)11-17(21)20(2)12-15-9-6-10-22-15/h3-5,7-8,15H,6,9-12H2,1-2H3/t15-/m1/s1. The first-order valence-electron chi connectivity index (χ1n) is 8.01. The third-order valence-corrected chi connectivity index (χ3v) is 4.16. The maximum atomic E-state index is 12.4. The number of hydrogen-bond donors (Lipinski definition) is 0. The average molecular weight is 314 g/mol. The van der Waals surface area contributed by atoms with E-state index in [4.69, 9.17) is 9.15 Å². The number of benzene rings is 1. The van der Waals surface area contributed by atoms with Gasteiger partial charge in [0.05, 0.1) is 18.2 Å². The zero-order valence-electron chi connectivity index (χ0n) is 13.6. The summed E-state index contributed by atoms with van der Waals surface area (Å²) >= 11 is 0. The van der Waals surface area contributed by atoms with Crippen molar-refractivity contribution in [3.63, 3.8) is 0 Å². The zero-order chi connectivity index (χ0) is 16.2. The number of ether oxygens (including phenoxy) is 1. The summed E-state index contributed by atoms with van der Waals surface area (Å²) < 4.78 is 11.3. The van der Waals surface area contributed by atoms with Crippen molar-refractivity contribution in [1.82, 2.24) is 9.88 Å². The van der Waals surface area contributed by atoms with E-state index < -0.39 is 0 Å². The minimum atomic E-state index is 0.0384. The highest BCUT2D eigenvalue weighted by molar-refractivity contribution is 5.78. The predicted molar refractivity (Wildman–Crippen MR) is 87.0 cm³/mol. The fourth-order valence-corrected chi connectivity index (χ4v) is 2.77. The molecule has 0 aliphatic carbocycles. The maximum Gasteiger partial charge on any atom is 0.228 e. The summed E-state index contributed by atoms with van der Waals surface area (Å²) in [6.45, 7) is 3.29. The summed E-state index contributed by atoms with van der Waals surface area (Å²) in [4.78, 5) is 18.6. The molecule has 1 aliphatic rings. The summed E-state index contributed by atoms with van der Waals surface area (Å²) in [6.07, 6.45) is 2.53. The van der Waals surface area contributed by atoms with Crippen LogP contribution in [0, 0.1) is 6.92 Å². The highest BCUT2D eigenvalue weighted by Crippen LogP contribution is 2.22. The smallest absolute Gasteiger partial charge is 0.228 e. The number of amides is 1. The van der Waals surface area contributed by atoms with Crippen LogP contribution in [-0.2, 0) is 16.0 Å². The summed E-state index contributed by atoms with van der Waals surface area (Å²) in [5, 5.41) is 0. The molecule has 0 saturated carbocycles. The highest BCUT2D eigenvalue weighted by Gasteiger charge is 2.22. The third-order valence-electron chi connectivity index (χ3n) is 4.16. The zero-order valence-corrected chi connectivity index (χ0v) is 13.6. The number of carbonyl (C=O) groups excluding carboxylic acids is 1. The van der Waals surface area contributed by atoms with Crippen LogP contribution in [0.1, 0.15) is 24.3 Å². The Balaban J connectivity index is 1.65. The number of carbonyl (C=O) groups is 1. The molecule has 1 amide bonds. The van der Waals surface area contributed by atoms with Crippen LogP contribution in [0.5, 0.6) is 0 Å². The van der Waals surface area contributed by atoms with Gasteiger partial charge in [-0.3, -0.25) is 4.79 Å². The number of hydrogen-bond acceptors (Lipinski definition) is 4. The minimum absolute atomic E-state index is 0.0384. The van der Waals surface area contributed by atoms with Crippen LogP contribution in [0.25, 0.3) is 11.5 Å². The van der Waals surface area contributed by atoms with E-state index in [0.717, 1.165) is 25.0 Å². The molecular formula is C18H22N2O3. The lowest BCUT2D eigenvalue weighted by atomic mass is 10.2. The lowest BCUT2D eigenvalue weighted by Gasteiger charge is -2.20. The van der Waals surface area contributed by atoms with E-state index in [9.17, 15) is 4.79 Å². The first kappa shape index (κ1) is 15.7. The molecule has 2 heterocycles. The van der Waals surface area contributed by atoms with Crippen molar-refractivity contribution in [1.29, 1.82) is 0 Å². The Morgan fingerprint density at radius 1 is 1.35 bits per heavy atom. The second-order valence-electron chi connectivity index (χ2n) is 5.97. The van der Waals surface area contributed by atoms with E-state index in [1.165, 1.54) is 0 Å². The largest absolute Gasteiger partial charge is 0.441 e. The number of nitrogens with zero attached hydrogens (tertiary/aromatic N) is 2. The Morgan fingerprint density at radius 2 is 2.13 bits per heavy atom. The molecule has 0 unspecified atom stereocenters. The number of oxazole rings is 1. The highest BCUT2D eigenvalue weighted by atomic mass is 16.5. The van der Waals surface area contributed by atoms with Crippen molar-refractivity contribution in [3.8, 4) is 11.5 Å². The van der Waals surface area contributed by atoms with Crippen molar-refractivity contribution in [2.75, 3.05) is 20.2 Å². The van der Waals surface area contributed by atoms with Gasteiger partial charge in [0.2, 0.25) is 11.8 Å². The first-order chi connectivity index (χ1) is 11.1. The lowest BCUT2D eigenvalue weighted by molar-refractivity contribution is -0.130. The van der Waals surface area contributed by atoms with Gasteiger partial charge < -0.3 is 14.1 Å². The van der Waals surface area contributed by atoms with Crippen molar-refractivity contribution in [2.24, 2.45) is 0 Å². The van der Waals surface area contributed by atoms with Crippen LogP contribution >= 0.6 is 0 Å². The van der Waals surface area contributed by atoms with Crippen LogP contribution in [0.4, 0.5) is 0 Å². The van der Waals surface area contributed by atoms with Crippen molar-refractivity contribution in [3.05, 3.63) is 41.8 Å². The molecule has 2 aromatic rings. The van der Waals surface area contributed by atoms with Gasteiger partial charge in [-0.15, -0.1) is 0 Å². The van der Waals surface area contributed by atoms with Gasteiger partial charge in [0, 0.05) is 25.8 Å². The van der Waals surface area contributed by atoms with Gasteiger partial charge in [-0.25, -0.2) is 4.98 Å². The van der Waals surface area contributed by atoms with Gasteiger partial charge in [-0.1, -0.05) is 18.2 Å². The van der Waals surface area contributed by atoms with Gasteiger partial charge in [0.1, 0.15) is 5.76 Å². The summed E-state index contributed by atoms with van der Waals surface area (Å²) in [6, 6.07) is 9.72. The van der Waals surface area contributed by atoms with Gasteiger partial charge in [0.15, 0.2) is 0 Å². The Hall–Kier alpha value is -2.14. The predicted octanol–water partition coefficient (Wildman–Crippen LogP) is 2.83. The molecule has 1 saturated heterocycles. The molecular weight excluding hydrogens is 292 g/mol. The Labute approximate surface area is 136 Å². The SMILES string of the molecule is Cc1oc(-c2ccccc2)nc1CC(=O)N(C)C[C@H]1CCCO1. The molecule has 1 aromatic heterocycles. The summed E-state index contributed by atoms with van der Waals surface area (Å²) in [5.41, 5.74) is 1.62. The maximum absolute atomic E-state index is 12.4. The first-order valence-corrected chi connectivity index (χ1v) is 8.01. The van der Waals surface area contributed by atoms with E-state index in [1.54, 1.807) is 4.90 Å².